The van der Waals surface area contributed by atoms with Gasteiger partial charge in [0.1, 0.15) is 11.9 Å². The number of carbonyl (C=O) groups is 2. The molecule has 122 valence electrons. The Bertz CT molecular complexity index is 507. The topological polar surface area (TPSA) is 55.4 Å². The van der Waals surface area contributed by atoms with E-state index in [4.69, 9.17) is 4.74 Å². The third-order valence-corrected chi connectivity index (χ3v) is 3.20. The molecule has 1 rings (SSSR count). The van der Waals surface area contributed by atoms with Crippen molar-refractivity contribution in [2.45, 2.75) is 65.0 Å². The summed E-state index contributed by atoms with van der Waals surface area (Å²) >= 11 is 0. The minimum atomic E-state index is -0.564. The molecule has 4 heteroatoms. The van der Waals surface area contributed by atoms with Gasteiger partial charge < -0.3 is 14.8 Å². The maximum Gasteiger partial charge on any atom is 0.408 e. The number of carbonyl (C=O) groups excluding carboxylic acids is 2. The number of nitrogens with one attached hydrogen (secondary N) is 1. The van der Waals surface area contributed by atoms with E-state index in [1.54, 1.807) is 20.8 Å². The van der Waals surface area contributed by atoms with Gasteiger partial charge in [-0.05, 0) is 37.3 Å². The van der Waals surface area contributed by atoms with Gasteiger partial charge in [0.05, 0.1) is 6.04 Å². The van der Waals surface area contributed by atoms with Gasteiger partial charge in [0, 0.05) is 6.42 Å². The molecule has 1 N–H and O–H groups in total. The van der Waals surface area contributed by atoms with Crippen LogP contribution in [-0.2, 0) is 14.9 Å². The lowest BCUT2D eigenvalue weighted by molar-refractivity contribution is -0.108. The molecule has 0 radical (unpaired) electrons. The van der Waals surface area contributed by atoms with Crippen molar-refractivity contribution in [3.8, 4) is 0 Å². The molecule has 0 aliphatic carbocycles. The van der Waals surface area contributed by atoms with Crippen molar-refractivity contribution in [1.29, 1.82) is 0 Å². The monoisotopic (exact) mass is 305 g/mol. The fourth-order valence-electron chi connectivity index (χ4n) is 2.04. The molecule has 1 atom stereocenters. The van der Waals surface area contributed by atoms with Gasteiger partial charge in [-0.25, -0.2) is 4.79 Å². The van der Waals surface area contributed by atoms with E-state index in [1.165, 1.54) is 5.56 Å². The second-order valence-electron chi connectivity index (χ2n) is 7.47. The maximum atomic E-state index is 11.9. The minimum Gasteiger partial charge on any atom is -0.444 e. The molecule has 0 saturated heterocycles. The minimum absolute atomic E-state index is 0.0667. The van der Waals surface area contributed by atoms with E-state index < -0.39 is 11.7 Å². The largest absolute Gasteiger partial charge is 0.444 e. The van der Waals surface area contributed by atoms with Crippen molar-refractivity contribution < 1.29 is 14.3 Å². The third-order valence-electron chi connectivity index (χ3n) is 3.20. The van der Waals surface area contributed by atoms with Gasteiger partial charge in [-0.15, -0.1) is 0 Å². The van der Waals surface area contributed by atoms with E-state index in [0.717, 1.165) is 11.8 Å². The molecule has 0 bridgehead atoms. The molecular weight excluding hydrogens is 278 g/mol. The normalized spacial score (nSPS) is 13.4. The van der Waals surface area contributed by atoms with E-state index >= 15 is 0 Å². The van der Waals surface area contributed by atoms with E-state index in [2.05, 4.69) is 26.1 Å². The first-order valence-corrected chi connectivity index (χ1v) is 7.56. The molecule has 22 heavy (non-hydrogen) atoms. The van der Waals surface area contributed by atoms with Crippen LogP contribution in [0.5, 0.6) is 0 Å². The Morgan fingerprint density at radius 1 is 1.14 bits per heavy atom. The van der Waals surface area contributed by atoms with Crippen molar-refractivity contribution in [3.63, 3.8) is 0 Å². The predicted octanol–water partition coefficient (Wildman–Crippen LogP) is 4.14. The number of ether oxygens (including phenoxy) is 1. The second kappa shape index (κ2) is 6.95. The Morgan fingerprint density at radius 3 is 2.09 bits per heavy atom. The lowest BCUT2D eigenvalue weighted by atomic mass is 9.86. The predicted molar refractivity (Wildman–Crippen MR) is 87.9 cm³/mol. The molecule has 1 aromatic carbocycles. The van der Waals surface area contributed by atoms with Crippen molar-refractivity contribution in [2.24, 2.45) is 0 Å². The van der Waals surface area contributed by atoms with Crippen molar-refractivity contribution >= 4 is 12.4 Å². The Hall–Kier alpha value is -1.84. The van der Waals surface area contributed by atoms with Gasteiger partial charge in [-0.1, -0.05) is 45.0 Å². The highest BCUT2D eigenvalue weighted by atomic mass is 16.6. The van der Waals surface area contributed by atoms with Crippen LogP contribution in [0, 0.1) is 0 Å². The SMILES string of the molecule is CC(C)(C)OC(=O)N[C@@H](CC=O)c1ccc(C(C)(C)C)cc1. The number of alkyl carbamates (subject to hydrolysis) is 1. The van der Waals surface area contributed by atoms with E-state index in [1.807, 2.05) is 24.3 Å². The third kappa shape index (κ3) is 5.88. The zero-order chi connectivity index (χ0) is 17.0. The van der Waals surface area contributed by atoms with E-state index in [-0.39, 0.29) is 17.9 Å². The lowest BCUT2D eigenvalue weighted by Crippen LogP contribution is -2.35. The van der Waals surface area contributed by atoms with Crippen molar-refractivity contribution in [2.75, 3.05) is 0 Å². The molecule has 0 aliphatic rings. The van der Waals surface area contributed by atoms with Crippen LogP contribution < -0.4 is 5.32 Å². The van der Waals surface area contributed by atoms with Crippen LogP contribution in [0.3, 0.4) is 0 Å². The smallest absolute Gasteiger partial charge is 0.408 e. The van der Waals surface area contributed by atoms with Gasteiger partial charge in [-0.2, -0.15) is 0 Å². The van der Waals surface area contributed by atoms with Crippen LogP contribution in [0.15, 0.2) is 24.3 Å². The summed E-state index contributed by atoms with van der Waals surface area (Å²) in [5.41, 5.74) is 1.60. The highest BCUT2D eigenvalue weighted by Crippen LogP contribution is 2.25. The van der Waals surface area contributed by atoms with E-state index in [0.29, 0.717) is 0 Å². The Balaban J connectivity index is 2.87. The fraction of sp³-hybridized carbons (Fsp3) is 0.556. The zero-order valence-corrected chi connectivity index (χ0v) is 14.4. The van der Waals surface area contributed by atoms with Gasteiger partial charge in [0.25, 0.3) is 0 Å². The molecule has 0 aliphatic heterocycles. The summed E-state index contributed by atoms with van der Waals surface area (Å²) in [7, 11) is 0. The lowest BCUT2D eigenvalue weighted by Gasteiger charge is -2.24. The van der Waals surface area contributed by atoms with Gasteiger partial charge in [0.15, 0.2) is 0 Å². The summed E-state index contributed by atoms with van der Waals surface area (Å²) in [4.78, 5) is 22.8. The first kappa shape index (κ1) is 18.2. The number of aldehydes is 1. The molecule has 0 aromatic heterocycles. The molecule has 0 unspecified atom stereocenters. The summed E-state index contributed by atoms with van der Waals surface area (Å²) in [5.74, 6) is 0. The Labute approximate surface area is 133 Å². The van der Waals surface area contributed by atoms with Crippen LogP contribution in [-0.4, -0.2) is 18.0 Å². The van der Waals surface area contributed by atoms with Gasteiger partial charge >= 0.3 is 6.09 Å². The van der Waals surface area contributed by atoms with Crippen molar-refractivity contribution in [1.82, 2.24) is 5.32 Å². The molecule has 0 heterocycles. The van der Waals surface area contributed by atoms with Crippen LogP contribution in [0.25, 0.3) is 0 Å². The molecule has 0 fully saturated rings. The second-order valence-corrected chi connectivity index (χ2v) is 7.47. The first-order chi connectivity index (χ1) is 10.0. The van der Waals surface area contributed by atoms with Crippen LogP contribution >= 0.6 is 0 Å². The Morgan fingerprint density at radius 2 is 1.68 bits per heavy atom. The van der Waals surface area contributed by atoms with E-state index in [9.17, 15) is 9.59 Å². The molecule has 1 amide bonds. The number of benzene rings is 1. The highest BCUT2D eigenvalue weighted by molar-refractivity contribution is 5.69. The molecule has 1 aromatic rings. The number of rotatable bonds is 4. The maximum absolute atomic E-state index is 11.9. The number of hydrogen-bond acceptors (Lipinski definition) is 3. The van der Waals surface area contributed by atoms with Crippen LogP contribution in [0.1, 0.15) is 65.1 Å². The highest BCUT2D eigenvalue weighted by Gasteiger charge is 2.21. The summed E-state index contributed by atoms with van der Waals surface area (Å²) in [5, 5.41) is 2.76. The van der Waals surface area contributed by atoms with Gasteiger partial charge in [-0.3, -0.25) is 0 Å². The summed E-state index contributed by atoms with van der Waals surface area (Å²) in [6.45, 7) is 11.8. The molecule has 0 spiro atoms. The first-order valence-electron chi connectivity index (χ1n) is 7.56. The Kier molecular flexibility index (Phi) is 5.75. The number of hydrogen-bond donors (Lipinski definition) is 1. The zero-order valence-electron chi connectivity index (χ0n) is 14.4. The van der Waals surface area contributed by atoms with Crippen LogP contribution in [0.4, 0.5) is 4.79 Å². The van der Waals surface area contributed by atoms with Crippen molar-refractivity contribution in [3.05, 3.63) is 35.4 Å². The number of amides is 1. The molecular formula is C18H27NO3. The molecule has 4 nitrogen and oxygen atoms in total. The average molecular weight is 305 g/mol. The fourth-order valence-corrected chi connectivity index (χ4v) is 2.04. The summed E-state index contributed by atoms with van der Waals surface area (Å²) in [6, 6.07) is 7.59. The quantitative estimate of drug-likeness (QED) is 0.851. The standard InChI is InChI=1S/C18H27NO3/c1-17(2,3)14-9-7-13(8-10-14)15(11-12-20)19-16(21)22-18(4,5)6/h7-10,12,15H,11H2,1-6H3,(H,19,21)/t15-/m0/s1. The summed E-state index contributed by atoms with van der Waals surface area (Å²) in [6.07, 6.45) is 0.507. The van der Waals surface area contributed by atoms with Crippen LogP contribution in [0.2, 0.25) is 0 Å². The molecule has 0 saturated carbocycles. The summed E-state index contributed by atoms with van der Waals surface area (Å²) < 4.78 is 5.25. The van der Waals surface area contributed by atoms with Gasteiger partial charge in [0.2, 0.25) is 0 Å². The average Bonchev–Trinajstić information content (AvgIpc) is 2.35.